The third-order valence-electron chi connectivity index (χ3n) is 4.78. The number of hydrogen-bond acceptors (Lipinski definition) is 7. The second-order valence-corrected chi connectivity index (χ2v) is 8.69. The molecule has 9 nitrogen and oxygen atoms in total. The fraction of sp³-hybridized carbons (Fsp3) is 0.421. The Kier molecular flexibility index (Phi) is 6.46. The van der Waals surface area contributed by atoms with Crippen molar-refractivity contribution in [2.45, 2.75) is 43.2 Å². The minimum absolute atomic E-state index is 0.0455. The zero-order valence-corrected chi connectivity index (χ0v) is 17.1. The van der Waals surface area contributed by atoms with E-state index in [1.165, 1.54) is 36.3 Å². The van der Waals surface area contributed by atoms with E-state index < -0.39 is 22.0 Å². The van der Waals surface area contributed by atoms with Gasteiger partial charge in [0.1, 0.15) is 12.4 Å². The van der Waals surface area contributed by atoms with Crippen molar-refractivity contribution in [2.75, 3.05) is 13.7 Å². The van der Waals surface area contributed by atoms with Crippen LogP contribution in [0.15, 0.2) is 41.7 Å². The van der Waals surface area contributed by atoms with E-state index >= 15 is 0 Å². The van der Waals surface area contributed by atoms with E-state index in [-0.39, 0.29) is 23.3 Å². The van der Waals surface area contributed by atoms with Gasteiger partial charge in [0, 0.05) is 12.6 Å². The highest BCUT2D eigenvalue weighted by molar-refractivity contribution is 7.89. The number of aromatic nitrogens is 2. The van der Waals surface area contributed by atoms with E-state index in [9.17, 15) is 18.0 Å². The maximum atomic E-state index is 12.6. The van der Waals surface area contributed by atoms with Gasteiger partial charge in [-0.2, -0.15) is 4.72 Å². The molecule has 1 aliphatic rings. The lowest BCUT2D eigenvalue weighted by Gasteiger charge is -2.16. The topological polar surface area (TPSA) is 119 Å². The fourth-order valence-electron chi connectivity index (χ4n) is 3.16. The number of nitrogens with one attached hydrogen (secondary N) is 2. The summed E-state index contributed by atoms with van der Waals surface area (Å²) < 4.78 is 33.8. The molecule has 1 aromatic carbocycles. The van der Waals surface area contributed by atoms with Crippen molar-refractivity contribution in [3.05, 3.63) is 48.0 Å². The molecular weight excluding hydrogens is 396 g/mol. The lowest BCUT2D eigenvalue weighted by Crippen LogP contribution is -2.43. The first kappa shape index (κ1) is 21.2. The van der Waals surface area contributed by atoms with Crippen molar-refractivity contribution in [1.82, 2.24) is 19.6 Å². The van der Waals surface area contributed by atoms with Gasteiger partial charge in [0.15, 0.2) is 0 Å². The maximum Gasteiger partial charge on any atom is 0.324 e. The highest BCUT2D eigenvalue weighted by Crippen LogP contribution is 2.13. The largest absolute Gasteiger partial charge is 0.468 e. The van der Waals surface area contributed by atoms with Gasteiger partial charge in [-0.05, 0) is 38.4 Å². The first-order chi connectivity index (χ1) is 13.8. The Morgan fingerprint density at radius 1 is 1.34 bits per heavy atom. The van der Waals surface area contributed by atoms with Crippen molar-refractivity contribution in [1.29, 1.82) is 0 Å². The Labute approximate surface area is 169 Å². The molecule has 2 atom stereocenters. The number of ether oxygens (including phenoxy) is 1. The molecule has 0 aliphatic carbocycles. The molecule has 1 aromatic heterocycles. The van der Waals surface area contributed by atoms with Crippen LogP contribution in [0.4, 0.5) is 0 Å². The molecule has 1 aliphatic heterocycles. The molecule has 1 saturated heterocycles. The van der Waals surface area contributed by atoms with Gasteiger partial charge < -0.3 is 10.1 Å². The second kappa shape index (κ2) is 8.85. The third-order valence-corrected chi connectivity index (χ3v) is 6.26. The standard InChI is InChI=1S/C19H24N4O5S/c1-13-5-7-15(8-6-13)29(26,27)22-17(19(25)28-2)10-14-11-23(12-21-14)18(24)16-4-3-9-20-16/h5-8,11-12,16-17,20,22H,3-4,9-10H2,1-2H3/t16-,17+/m1/s1. The van der Waals surface area contributed by atoms with Gasteiger partial charge in [0.05, 0.1) is 23.7 Å². The molecule has 0 amide bonds. The number of imidazole rings is 1. The van der Waals surface area contributed by atoms with Crippen molar-refractivity contribution in [3.8, 4) is 0 Å². The lowest BCUT2D eigenvalue weighted by atomic mass is 10.2. The molecule has 29 heavy (non-hydrogen) atoms. The molecule has 156 valence electrons. The van der Waals surface area contributed by atoms with Crippen LogP contribution in [0.5, 0.6) is 0 Å². The zero-order valence-electron chi connectivity index (χ0n) is 16.3. The van der Waals surface area contributed by atoms with E-state index in [1.54, 1.807) is 12.1 Å². The molecular formula is C19H24N4O5S. The van der Waals surface area contributed by atoms with Crippen LogP contribution in [0.25, 0.3) is 0 Å². The van der Waals surface area contributed by atoms with Crippen LogP contribution in [-0.2, 0) is 26.0 Å². The zero-order chi connectivity index (χ0) is 21.0. The van der Waals surface area contributed by atoms with Crippen LogP contribution in [0.3, 0.4) is 0 Å². The van der Waals surface area contributed by atoms with Crippen LogP contribution < -0.4 is 10.0 Å². The molecule has 2 aromatic rings. The summed E-state index contributed by atoms with van der Waals surface area (Å²) in [4.78, 5) is 28.8. The maximum absolute atomic E-state index is 12.6. The Morgan fingerprint density at radius 3 is 2.69 bits per heavy atom. The Morgan fingerprint density at radius 2 is 2.07 bits per heavy atom. The van der Waals surface area contributed by atoms with Gasteiger partial charge in [0.25, 0.3) is 0 Å². The van der Waals surface area contributed by atoms with Crippen LogP contribution >= 0.6 is 0 Å². The highest BCUT2D eigenvalue weighted by Gasteiger charge is 2.28. The van der Waals surface area contributed by atoms with Crippen molar-refractivity contribution in [2.24, 2.45) is 0 Å². The van der Waals surface area contributed by atoms with E-state index in [0.717, 1.165) is 24.9 Å². The summed E-state index contributed by atoms with van der Waals surface area (Å²) in [5, 5.41) is 3.12. The van der Waals surface area contributed by atoms with Gasteiger partial charge in [-0.1, -0.05) is 17.7 Å². The Balaban J connectivity index is 1.75. The number of aryl methyl sites for hydroxylation is 1. The molecule has 10 heteroatoms. The first-order valence-electron chi connectivity index (χ1n) is 9.27. The average Bonchev–Trinajstić information content (AvgIpc) is 3.39. The monoisotopic (exact) mass is 420 g/mol. The van der Waals surface area contributed by atoms with Crippen LogP contribution in [0.2, 0.25) is 0 Å². The molecule has 0 saturated carbocycles. The van der Waals surface area contributed by atoms with Gasteiger partial charge in [-0.15, -0.1) is 0 Å². The molecule has 0 unspecified atom stereocenters. The molecule has 2 N–H and O–H groups in total. The first-order valence-corrected chi connectivity index (χ1v) is 10.8. The van der Waals surface area contributed by atoms with Crippen LogP contribution in [0.1, 0.15) is 28.9 Å². The molecule has 0 bridgehead atoms. The molecule has 3 rings (SSSR count). The van der Waals surface area contributed by atoms with Gasteiger partial charge >= 0.3 is 5.97 Å². The van der Waals surface area contributed by atoms with Gasteiger partial charge in [-0.25, -0.2) is 13.4 Å². The molecule has 1 fully saturated rings. The van der Waals surface area contributed by atoms with E-state index in [0.29, 0.717) is 5.69 Å². The SMILES string of the molecule is COC(=O)[C@H](Cc1cn(C(=O)[C@H]2CCCN2)cn1)NS(=O)(=O)c1ccc(C)cc1. The van der Waals surface area contributed by atoms with Crippen molar-refractivity contribution in [3.63, 3.8) is 0 Å². The molecule has 0 spiro atoms. The predicted molar refractivity (Wildman–Crippen MR) is 105 cm³/mol. The van der Waals surface area contributed by atoms with Gasteiger partial charge in [-0.3, -0.25) is 14.2 Å². The number of esters is 1. The molecule has 0 radical (unpaired) electrons. The van der Waals surface area contributed by atoms with Crippen LogP contribution in [-0.4, -0.2) is 55.6 Å². The number of methoxy groups -OCH3 is 1. The van der Waals surface area contributed by atoms with Crippen molar-refractivity contribution >= 4 is 21.9 Å². The number of hydrogen-bond donors (Lipinski definition) is 2. The Bertz CT molecular complexity index is 978. The second-order valence-electron chi connectivity index (χ2n) is 6.97. The number of carbonyl (C=O) groups is 2. The normalized spacial score (nSPS) is 17.8. The summed E-state index contributed by atoms with van der Waals surface area (Å²) in [5.41, 5.74) is 1.32. The lowest BCUT2D eigenvalue weighted by molar-refractivity contribution is -0.142. The summed E-state index contributed by atoms with van der Waals surface area (Å²) in [6.07, 6.45) is 4.53. The summed E-state index contributed by atoms with van der Waals surface area (Å²) in [6.45, 7) is 2.64. The summed E-state index contributed by atoms with van der Waals surface area (Å²) >= 11 is 0. The van der Waals surface area contributed by atoms with Gasteiger partial charge in [0.2, 0.25) is 15.9 Å². The summed E-state index contributed by atoms with van der Waals surface area (Å²) in [5.74, 6) is -0.866. The number of benzene rings is 1. The van der Waals surface area contributed by atoms with E-state index in [2.05, 4.69) is 15.0 Å². The minimum atomic E-state index is -3.94. The van der Waals surface area contributed by atoms with Crippen LogP contribution in [0, 0.1) is 6.92 Å². The highest BCUT2D eigenvalue weighted by atomic mass is 32.2. The number of sulfonamides is 1. The van der Waals surface area contributed by atoms with Crippen molar-refractivity contribution < 1.29 is 22.7 Å². The molecule has 2 heterocycles. The van der Waals surface area contributed by atoms with E-state index in [4.69, 9.17) is 4.74 Å². The average molecular weight is 420 g/mol. The third kappa shape index (κ3) is 5.08. The van der Waals surface area contributed by atoms with E-state index in [1.807, 2.05) is 6.92 Å². The summed E-state index contributed by atoms with van der Waals surface area (Å²) in [6, 6.07) is 4.85. The number of rotatable bonds is 7. The Hall–Kier alpha value is -2.56. The number of nitrogens with zero attached hydrogens (tertiary/aromatic N) is 2. The smallest absolute Gasteiger partial charge is 0.324 e. The summed E-state index contributed by atoms with van der Waals surface area (Å²) in [7, 11) is -2.75. The quantitative estimate of drug-likeness (QED) is 0.631. The fourth-order valence-corrected chi connectivity index (χ4v) is 4.35. The predicted octanol–water partition coefficient (Wildman–Crippen LogP) is 0.646. The minimum Gasteiger partial charge on any atom is -0.468 e. The number of carbonyl (C=O) groups excluding carboxylic acids is 2.